The molecule has 0 fully saturated rings. The molecule has 4 aromatic rings. The summed E-state index contributed by atoms with van der Waals surface area (Å²) < 4.78 is 6.80. The van der Waals surface area contributed by atoms with E-state index < -0.39 is 0 Å². The molecular formula is C18H17N7O. The first-order valence-electron chi connectivity index (χ1n) is 8.02. The lowest BCUT2D eigenvalue weighted by Gasteiger charge is -2.07. The van der Waals surface area contributed by atoms with Crippen molar-refractivity contribution in [2.75, 3.05) is 18.2 Å². The summed E-state index contributed by atoms with van der Waals surface area (Å²) >= 11 is 0. The van der Waals surface area contributed by atoms with E-state index in [1.165, 1.54) is 6.33 Å². The van der Waals surface area contributed by atoms with Crippen LogP contribution in [0.3, 0.4) is 0 Å². The lowest BCUT2D eigenvalue weighted by molar-refractivity contribution is 0.414. The van der Waals surface area contributed by atoms with Crippen LogP contribution in [-0.4, -0.2) is 31.7 Å². The molecule has 26 heavy (non-hydrogen) atoms. The number of rotatable bonds is 5. The van der Waals surface area contributed by atoms with Gasteiger partial charge in [0.05, 0.1) is 18.4 Å². The van der Waals surface area contributed by atoms with Crippen LogP contribution in [0.1, 0.15) is 5.56 Å². The molecule has 130 valence electrons. The number of nitrogens with one attached hydrogen (secondary N) is 1. The average Bonchev–Trinajstić information content (AvgIpc) is 3.02. The molecule has 1 aromatic carbocycles. The molecule has 3 heterocycles. The number of nitrogens with two attached hydrogens (primary N) is 1. The number of fused-ring (bicyclic) bond motifs is 1. The third kappa shape index (κ3) is 3.00. The van der Waals surface area contributed by atoms with Crippen LogP contribution in [0, 0.1) is 0 Å². The molecule has 0 spiro atoms. The van der Waals surface area contributed by atoms with Crippen molar-refractivity contribution >= 4 is 17.3 Å². The maximum atomic E-state index is 6.06. The molecule has 0 unspecified atom stereocenters. The minimum Gasteiger partial charge on any atom is -0.497 e. The van der Waals surface area contributed by atoms with Crippen molar-refractivity contribution in [1.29, 1.82) is 0 Å². The average molecular weight is 347 g/mol. The van der Waals surface area contributed by atoms with Gasteiger partial charge in [-0.05, 0) is 23.8 Å². The van der Waals surface area contributed by atoms with Crippen LogP contribution in [0.15, 0.2) is 55.1 Å². The second kappa shape index (κ2) is 6.67. The van der Waals surface area contributed by atoms with Crippen LogP contribution in [-0.2, 0) is 6.54 Å². The smallest absolute Gasteiger partial charge is 0.166 e. The van der Waals surface area contributed by atoms with Gasteiger partial charge in [-0.2, -0.15) is 0 Å². The Morgan fingerprint density at radius 1 is 1.15 bits per heavy atom. The van der Waals surface area contributed by atoms with Crippen LogP contribution in [0.5, 0.6) is 5.75 Å². The number of methoxy groups -OCH3 is 1. The van der Waals surface area contributed by atoms with Gasteiger partial charge < -0.3 is 15.8 Å². The Balaban J connectivity index is 1.59. The predicted molar refractivity (Wildman–Crippen MR) is 98.7 cm³/mol. The highest BCUT2D eigenvalue weighted by Crippen LogP contribution is 2.28. The quantitative estimate of drug-likeness (QED) is 0.571. The van der Waals surface area contributed by atoms with E-state index in [0.717, 1.165) is 11.3 Å². The first-order chi connectivity index (χ1) is 12.7. The topological polar surface area (TPSA) is 103 Å². The summed E-state index contributed by atoms with van der Waals surface area (Å²) in [6.07, 6.45) is 4.99. The Hall–Kier alpha value is -3.68. The molecule has 0 atom stereocenters. The maximum Gasteiger partial charge on any atom is 0.166 e. The van der Waals surface area contributed by atoms with Crippen molar-refractivity contribution in [2.24, 2.45) is 0 Å². The lowest BCUT2D eigenvalue weighted by atomic mass is 10.2. The Kier molecular flexibility index (Phi) is 4.06. The maximum absolute atomic E-state index is 6.06. The molecule has 0 saturated heterocycles. The van der Waals surface area contributed by atoms with Crippen LogP contribution in [0.25, 0.3) is 16.9 Å². The number of anilines is 2. The number of benzene rings is 1. The monoisotopic (exact) mass is 347 g/mol. The third-order valence-corrected chi connectivity index (χ3v) is 3.98. The third-order valence-electron chi connectivity index (χ3n) is 3.98. The fourth-order valence-electron chi connectivity index (χ4n) is 2.68. The van der Waals surface area contributed by atoms with Gasteiger partial charge in [0.25, 0.3) is 0 Å². The SMILES string of the molecule is COc1ccc(CNc2cc(-c3c(N)nn4cccnc34)ncn2)cc1. The molecule has 0 saturated carbocycles. The second-order valence-corrected chi connectivity index (χ2v) is 5.64. The normalized spacial score (nSPS) is 10.8. The highest BCUT2D eigenvalue weighted by Gasteiger charge is 2.15. The van der Waals surface area contributed by atoms with Gasteiger partial charge in [0.15, 0.2) is 11.5 Å². The minimum atomic E-state index is 0.378. The number of aromatic nitrogens is 5. The molecule has 0 radical (unpaired) electrons. The first kappa shape index (κ1) is 15.8. The zero-order chi connectivity index (χ0) is 17.9. The molecule has 0 aliphatic rings. The van der Waals surface area contributed by atoms with E-state index in [9.17, 15) is 0 Å². The van der Waals surface area contributed by atoms with E-state index in [0.29, 0.717) is 35.1 Å². The van der Waals surface area contributed by atoms with E-state index in [1.54, 1.807) is 30.1 Å². The number of nitrogens with zero attached hydrogens (tertiary/aromatic N) is 5. The molecule has 8 heteroatoms. The predicted octanol–water partition coefficient (Wildman–Crippen LogP) is 2.39. The number of hydrogen-bond donors (Lipinski definition) is 2. The van der Waals surface area contributed by atoms with Crippen LogP contribution in [0.4, 0.5) is 11.6 Å². The molecule has 3 aromatic heterocycles. The van der Waals surface area contributed by atoms with Crippen molar-refractivity contribution in [3.63, 3.8) is 0 Å². The summed E-state index contributed by atoms with van der Waals surface area (Å²) in [5.41, 5.74) is 9.20. The number of ether oxygens (including phenoxy) is 1. The van der Waals surface area contributed by atoms with Gasteiger partial charge in [0.1, 0.15) is 17.9 Å². The fourth-order valence-corrected chi connectivity index (χ4v) is 2.68. The molecule has 0 bridgehead atoms. The van der Waals surface area contributed by atoms with Gasteiger partial charge in [-0.3, -0.25) is 0 Å². The molecule has 3 N–H and O–H groups in total. The van der Waals surface area contributed by atoms with E-state index in [4.69, 9.17) is 10.5 Å². The fraction of sp³-hybridized carbons (Fsp3) is 0.111. The van der Waals surface area contributed by atoms with Crippen LogP contribution < -0.4 is 15.8 Å². The molecule has 4 rings (SSSR count). The highest BCUT2D eigenvalue weighted by atomic mass is 16.5. The zero-order valence-electron chi connectivity index (χ0n) is 14.1. The van der Waals surface area contributed by atoms with Crippen LogP contribution >= 0.6 is 0 Å². The van der Waals surface area contributed by atoms with Crippen LogP contribution in [0.2, 0.25) is 0 Å². The van der Waals surface area contributed by atoms with E-state index in [-0.39, 0.29) is 0 Å². The summed E-state index contributed by atoms with van der Waals surface area (Å²) in [6, 6.07) is 11.5. The Morgan fingerprint density at radius 2 is 2.00 bits per heavy atom. The van der Waals surface area contributed by atoms with Crippen molar-refractivity contribution in [3.8, 4) is 17.0 Å². The summed E-state index contributed by atoms with van der Waals surface area (Å²) in [4.78, 5) is 12.9. The van der Waals surface area contributed by atoms with Crippen molar-refractivity contribution in [3.05, 3.63) is 60.7 Å². The van der Waals surface area contributed by atoms with Gasteiger partial charge in [-0.25, -0.2) is 19.5 Å². The minimum absolute atomic E-state index is 0.378. The molecular weight excluding hydrogens is 330 g/mol. The largest absolute Gasteiger partial charge is 0.497 e. The van der Waals surface area contributed by atoms with Crippen molar-refractivity contribution in [2.45, 2.75) is 6.54 Å². The first-order valence-corrected chi connectivity index (χ1v) is 8.02. The number of hydrogen-bond acceptors (Lipinski definition) is 7. The zero-order valence-corrected chi connectivity index (χ0v) is 14.1. The van der Waals surface area contributed by atoms with Gasteiger partial charge >= 0.3 is 0 Å². The summed E-state index contributed by atoms with van der Waals surface area (Å²) in [5.74, 6) is 1.90. The van der Waals surface area contributed by atoms with E-state index in [2.05, 4.69) is 25.4 Å². The van der Waals surface area contributed by atoms with E-state index in [1.807, 2.05) is 30.3 Å². The van der Waals surface area contributed by atoms with Gasteiger partial charge in [0.2, 0.25) is 0 Å². The van der Waals surface area contributed by atoms with Gasteiger partial charge in [0, 0.05) is 25.0 Å². The Morgan fingerprint density at radius 3 is 2.81 bits per heavy atom. The Labute approximate surface area is 149 Å². The van der Waals surface area contributed by atoms with Crippen molar-refractivity contribution in [1.82, 2.24) is 24.6 Å². The second-order valence-electron chi connectivity index (χ2n) is 5.64. The molecule has 8 nitrogen and oxygen atoms in total. The van der Waals surface area contributed by atoms with Crippen molar-refractivity contribution < 1.29 is 4.74 Å². The summed E-state index contributed by atoms with van der Waals surface area (Å²) in [5, 5.41) is 7.56. The van der Waals surface area contributed by atoms with Gasteiger partial charge in [-0.1, -0.05) is 12.1 Å². The Bertz CT molecular complexity index is 1040. The summed E-state index contributed by atoms with van der Waals surface area (Å²) in [7, 11) is 1.65. The standard InChI is InChI=1S/C18H17N7O/c1-26-13-5-3-12(4-6-13)10-21-15-9-14(22-11-23-15)16-17(19)24-25-8-2-7-20-18(16)25/h2-9,11H,10H2,1H3,(H2,19,24)(H,21,22,23). The number of nitrogen functional groups attached to an aromatic ring is 1. The summed E-state index contributed by atoms with van der Waals surface area (Å²) in [6.45, 7) is 0.628. The molecule has 0 aliphatic heterocycles. The lowest BCUT2D eigenvalue weighted by Crippen LogP contribution is -2.02. The molecule has 0 aliphatic carbocycles. The van der Waals surface area contributed by atoms with E-state index >= 15 is 0 Å². The molecule has 0 amide bonds. The highest BCUT2D eigenvalue weighted by molar-refractivity contribution is 5.84. The van der Waals surface area contributed by atoms with Gasteiger partial charge in [-0.15, -0.1) is 5.10 Å².